The zero-order valence-corrected chi connectivity index (χ0v) is 15.2. The minimum atomic E-state index is -0.707. The quantitative estimate of drug-likeness (QED) is 0.603. The maximum absolute atomic E-state index is 12.2. The molecule has 1 atom stereocenters. The number of nitrogens with zero attached hydrogens (tertiary/aromatic N) is 1. The number of benzene rings is 2. The third kappa shape index (κ3) is 5.22. The molecule has 0 aromatic heterocycles. The highest BCUT2D eigenvalue weighted by Gasteiger charge is 2.15. The second-order valence-electron chi connectivity index (χ2n) is 5.60. The van der Waals surface area contributed by atoms with Gasteiger partial charge in [-0.15, -0.1) is 0 Å². The molecule has 0 aliphatic heterocycles. The number of phenolic OH excluding ortho intramolecular Hbond substituents is 1. The van der Waals surface area contributed by atoms with E-state index in [1.807, 2.05) is 13.8 Å². The first-order chi connectivity index (χ1) is 11.9. The topological polar surface area (TPSA) is 70.9 Å². The smallest absolute Gasteiger partial charge is 0.280 e. The van der Waals surface area contributed by atoms with Crippen molar-refractivity contribution in [2.45, 2.75) is 33.3 Å². The second-order valence-corrected chi connectivity index (χ2v) is 6.04. The van der Waals surface area contributed by atoms with Crippen molar-refractivity contribution in [3.63, 3.8) is 0 Å². The van der Waals surface area contributed by atoms with Gasteiger partial charge in [0.15, 0.2) is 6.10 Å². The van der Waals surface area contributed by atoms with Crippen molar-refractivity contribution in [3.05, 3.63) is 58.6 Å². The van der Waals surface area contributed by atoms with Gasteiger partial charge in [0, 0.05) is 5.02 Å². The number of amides is 1. The summed E-state index contributed by atoms with van der Waals surface area (Å²) >= 11 is 5.92. The Labute approximate surface area is 152 Å². The number of aryl methyl sites for hydroxylation is 1. The molecular formula is C19H21ClN2O3. The van der Waals surface area contributed by atoms with Gasteiger partial charge in [0.25, 0.3) is 5.91 Å². The molecule has 6 heteroatoms. The number of hydrazone groups is 1. The molecule has 1 unspecified atom stereocenters. The van der Waals surface area contributed by atoms with E-state index in [-0.39, 0.29) is 11.7 Å². The van der Waals surface area contributed by atoms with Crippen molar-refractivity contribution in [3.8, 4) is 11.5 Å². The number of carbonyl (C=O) groups is 1. The van der Waals surface area contributed by atoms with E-state index in [4.69, 9.17) is 16.3 Å². The third-order valence-corrected chi connectivity index (χ3v) is 3.88. The van der Waals surface area contributed by atoms with Crippen LogP contribution in [0.15, 0.2) is 47.6 Å². The van der Waals surface area contributed by atoms with Gasteiger partial charge in [-0.25, -0.2) is 5.43 Å². The van der Waals surface area contributed by atoms with Gasteiger partial charge in [-0.3, -0.25) is 4.79 Å². The molecule has 132 valence electrons. The minimum Gasteiger partial charge on any atom is -0.508 e. The molecule has 0 aliphatic rings. The van der Waals surface area contributed by atoms with E-state index in [1.165, 1.54) is 0 Å². The molecule has 2 aromatic rings. The fraction of sp³-hybridized carbons (Fsp3) is 0.263. The van der Waals surface area contributed by atoms with Crippen LogP contribution < -0.4 is 10.2 Å². The lowest BCUT2D eigenvalue weighted by molar-refractivity contribution is -0.127. The number of hydrogen-bond acceptors (Lipinski definition) is 4. The fourth-order valence-electron chi connectivity index (χ4n) is 2.20. The van der Waals surface area contributed by atoms with Gasteiger partial charge in [0.2, 0.25) is 0 Å². The maximum Gasteiger partial charge on any atom is 0.280 e. The van der Waals surface area contributed by atoms with Crippen LogP contribution in [0.25, 0.3) is 0 Å². The van der Waals surface area contributed by atoms with Gasteiger partial charge in [-0.1, -0.05) is 18.5 Å². The number of carbonyl (C=O) groups excluding carboxylic acids is 1. The summed E-state index contributed by atoms with van der Waals surface area (Å²) in [6.07, 6.45) is -0.0714. The molecule has 0 heterocycles. The van der Waals surface area contributed by atoms with Gasteiger partial charge < -0.3 is 9.84 Å². The molecule has 0 saturated heterocycles. The van der Waals surface area contributed by atoms with Gasteiger partial charge in [-0.2, -0.15) is 5.10 Å². The normalized spacial score (nSPS) is 12.6. The van der Waals surface area contributed by atoms with Crippen LogP contribution in [-0.2, 0) is 4.79 Å². The van der Waals surface area contributed by atoms with E-state index < -0.39 is 6.10 Å². The third-order valence-electron chi connectivity index (χ3n) is 3.65. The lowest BCUT2D eigenvalue weighted by Crippen LogP contribution is -2.34. The van der Waals surface area contributed by atoms with Crippen LogP contribution in [0.5, 0.6) is 11.5 Å². The van der Waals surface area contributed by atoms with Crippen molar-refractivity contribution < 1.29 is 14.6 Å². The molecule has 0 bridgehead atoms. The molecular weight excluding hydrogens is 340 g/mol. The minimum absolute atomic E-state index is 0.184. The Morgan fingerprint density at radius 1 is 1.28 bits per heavy atom. The Kier molecular flexibility index (Phi) is 6.42. The highest BCUT2D eigenvalue weighted by molar-refractivity contribution is 6.30. The van der Waals surface area contributed by atoms with Crippen LogP contribution in [0.4, 0.5) is 0 Å². The average molecular weight is 361 g/mol. The lowest BCUT2D eigenvalue weighted by Gasteiger charge is -2.15. The van der Waals surface area contributed by atoms with Crippen LogP contribution in [0.3, 0.4) is 0 Å². The number of hydrogen-bond donors (Lipinski definition) is 2. The van der Waals surface area contributed by atoms with Gasteiger partial charge in [0.1, 0.15) is 11.5 Å². The van der Waals surface area contributed by atoms with Crippen LogP contribution >= 0.6 is 11.6 Å². The number of aromatic hydroxyl groups is 1. The number of ether oxygens (including phenoxy) is 1. The number of rotatable bonds is 6. The van der Waals surface area contributed by atoms with Gasteiger partial charge in [-0.05, 0) is 73.9 Å². The Bertz CT molecular complexity index is 773. The van der Waals surface area contributed by atoms with E-state index in [9.17, 15) is 9.90 Å². The molecule has 0 spiro atoms. The molecule has 1 amide bonds. The van der Waals surface area contributed by atoms with Crippen molar-refractivity contribution >= 4 is 23.2 Å². The van der Waals surface area contributed by atoms with Crippen molar-refractivity contribution in [2.75, 3.05) is 0 Å². The summed E-state index contributed by atoms with van der Waals surface area (Å²) in [6, 6.07) is 11.9. The largest absolute Gasteiger partial charge is 0.508 e. The summed E-state index contributed by atoms with van der Waals surface area (Å²) in [5.74, 6) is 0.438. The summed E-state index contributed by atoms with van der Waals surface area (Å²) in [7, 11) is 0. The van der Waals surface area contributed by atoms with Crippen LogP contribution in [-0.4, -0.2) is 22.8 Å². The predicted molar refractivity (Wildman–Crippen MR) is 99.4 cm³/mol. The van der Waals surface area contributed by atoms with Crippen LogP contribution in [0.2, 0.25) is 5.02 Å². The van der Waals surface area contributed by atoms with Crippen LogP contribution in [0, 0.1) is 6.92 Å². The summed E-state index contributed by atoms with van der Waals surface area (Å²) in [4.78, 5) is 12.2. The lowest BCUT2D eigenvalue weighted by atomic mass is 10.1. The zero-order valence-electron chi connectivity index (χ0n) is 14.4. The first-order valence-electron chi connectivity index (χ1n) is 7.99. The van der Waals surface area contributed by atoms with Crippen molar-refractivity contribution in [1.29, 1.82) is 0 Å². The molecule has 0 radical (unpaired) electrons. The number of phenols is 1. The van der Waals surface area contributed by atoms with Gasteiger partial charge in [0.05, 0.1) is 5.71 Å². The highest BCUT2D eigenvalue weighted by atomic mass is 35.5. The van der Waals surface area contributed by atoms with E-state index in [0.717, 1.165) is 11.1 Å². The molecule has 5 nitrogen and oxygen atoms in total. The molecule has 0 aliphatic carbocycles. The Morgan fingerprint density at radius 2 is 1.96 bits per heavy atom. The first kappa shape index (κ1) is 18.8. The zero-order chi connectivity index (χ0) is 18.4. The molecule has 2 aromatic carbocycles. The Balaban J connectivity index is 2.03. The molecule has 2 rings (SSSR count). The van der Waals surface area contributed by atoms with E-state index in [2.05, 4.69) is 10.5 Å². The number of halogens is 1. The second kappa shape index (κ2) is 8.53. The standard InChI is InChI=1S/C19H21ClN2O3/c1-4-17(14-5-8-16(23)9-6-14)21-22-19(24)13(3)25-18-10-7-15(20)11-12(18)2/h5-11,13,23H,4H2,1-3H3,(H,22,24)/b21-17+. The molecule has 0 saturated carbocycles. The average Bonchev–Trinajstić information content (AvgIpc) is 2.59. The summed E-state index contributed by atoms with van der Waals surface area (Å²) < 4.78 is 5.68. The SMILES string of the molecule is CC/C(=N\NC(=O)C(C)Oc1ccc(Cl)cc1C)c1ccc(O)cc1. The highest BCUT2D eigenvalue weighted by Crippen LogP contribution is 2.22. The Morgan fingerprint density at radius 3 is 2.56 bits per heavy atom. The van der Waals surface area contributed by atoms with Crippen molar-refractivity contribution in [1.82, 2.24) is 5.43 Å². The van der Waals surface area contributed by atoms with E-state index in [0.29, 0.717) is 22.9 Å². The monoisotopic (exact) mass is 360 g/mol. The van der Waals surface area contributed by atoms with Crippen molar-refractivity contribution in [2.24, 2.45) is 5.10 Å². The summed E-state index contributed by atoms with van der Waals surface area (Å²) in [5.41, 5.74) is 4.94. The van der Waals surface area contributed by atoms with E-state index in [1.54, 1.807) is 49.4 Å². The molecule has 25 heavy (non-hydrogen) atoms. The van der Waals surface area contributed by atoms with E-state index >= 15 is 0 Å². The molecule has 2 N–H and O–H groups in total. The molecule has 0 fully saturated rings. The van der Waals surface area contributed by atoms with Gasteiger partial charge >= 0.3 is 0 Å². The first-order valence-corrected chi connectivity index (χ1v) is 8.37. The summed E-state index contributed by atoms with van der Waals surface area (Å²) in [5, 5.41) is 14.1. The fourth-order valence-corrected chi connectivity index (χ4v) is 2.43. The predicted octanol–water partition coefficient (Wildman–Crippen LogP) is 4.05. The summed E-state index contributed by atoms with van der Waals surface area (Å²) in [6.45, 7) is 5.46. The van der Waals surface area contributed by atoms with Crippen LogP contribution in [0.1, 0.15) is 31.4 Å². The maximum atomic E-state index is 12.2. The Hall–Kier alpha value is -2.53. The number of nitrogens with one attached hydrogen (secondary N) is 1.